The maximum atomic E-state index is 16.1. The average molecular weight is 1450 g/mol. The number of likely N-dealkylation sites (N-methyl/N-ethyl adjacent to an activating group) is 1. The quantitative estimate of drug-likeness (QED) is 0.0754. The van der Waals surface area contributed by atoms with E-state index in [-0.39, 0.29) is 39.8 Å². The predicted octanol–water partition coefficient (Wildman–Crippen LogP) is 0.314. The van der Waals surface area contributed by atoms with E-state index in [4.69, 9.17) is 63.1 Å². The first-order valence-electron chi connectivity index (χ1n) is 31.5. The van der Waals surface area contributed by atoms with Crippen LogP contribution in [0.4, 0.5) is 0 Å². The van der Waals surface area contributed by atoms with Crippen LogP contribution in [0, 0.1) is 5.92 Å². The molecule has 7 aliphatic heterocycles. The second-order valence-electron chi connectivity index (χ2n) is 25.5. The number of halogens is 2. The number of carboxylic acid groups (broad SMARTS) is 1. The fraction of sp³-hybridized carbons (Fsp3) is 0.409. The molecule has 540 valence electrons. The van der Waals surface area contributed by atoms with E-state index in [0.717, 1.165) is 60.7 Å². The Morgan fingerprint density at radius 3 is 1.93 bits per heavy atom. The Balaban J connectivity index is 1.26. The number of phenols is 3. The van der Waals surface area contributed by atoms with Gasteiger partial charge in [-0.25, -0.2) is 4.79 Å². The molecule has 35 heteroatoms. The highest BCUT2D eigenvalue weighted by Crippen LogP contribution is 2.50. The molecular weight excluding hydrogens is 1370 g/mol. The first-order valence-corrected chi connectivity index (χ1v) is 32.2. The monoisotopic (exact) mass is 1450 g/mol. The van der Waals surface area contributed by atoms with Gasteiger partial charge < -0.3 is 123 Å². The van der Waals surface area contributed by atoms with Crippen LogP contribution in [-0.4, -0.2) is 186 Å². The maximum Gasteiger partial charge on any atom is 0.330 e. The van der Waals surface area contributed by atoms with Gasteiger partial charge in [0.15, 0.2) is 29.6 Å². The standard InChI is InChI=1S/C66H73Cl2N9O24/c1-23(2)12-34(71-5)58(88)76-49-51(83)26-7-10-38(32(67)14-26)97-40-16-28-17-41(56(40)101-65-54(86)53(85)52(84)42(22-78)99-65)98-39-11-8-27(15-33(39)68)55(100-44-21-66(4,70)57(87)24(3)96-44)50-63(93)75-48(64(94)95)31-18-29(79)19-37(81)45(31)30-13-25(6-9-36(30)80)46(60(90)77-50)74-61(91)47(28)73-59(89)35(20-43(69)82)72-62(49)92/h6-11,13-19,23-24,34-35,42,44,46-55,65,71,78-81,83-86H,12,20-22,70H2,1-5H3,(H2,69,82)(H,72,92)(H,73,89)(H,74,91)(H,75,93)(H,76,88)(H,77,90)(H,94,95)/t24-,34+,35-,42+,44+,46+,47+,48-,49+,50-,51+,52+,53-,54+,55+,65-,66-/m0/s1. The number of carbonyl (C=O) groups is 9. The number of aliphatic hydroxyl groups is 5. The first-order chi connectivity index (χ1) is 47.7. The number of nitrogens with one attached hydrogen (secondary N) is 7. The van der Waals surface area contributed by atoms with Gasteiger partial charge in [0.2, 0.25) is 53.4 Å². The highest BCUT2D eigenvalue weighted by molar-refractivity contribution is 6.32. The first kappa shape index (κ1) is 74.2. The van der Waals surface area contributed by atoms with E-state index < -0.39 is 243 Å². The van der Waals surface area contributed by atoms with Crippen molar-refractivity contribution in [3.05, 3.63) is 117 Å². The van der Waals surface area contributed by atoms with Crippen LogP contribution in [0.2, 0.25) is 10.0 Å². The molecule has 33 nitrogen and oxygen atoms in total. The molecule has 2 saturated heterocycles. The number of hydrogen-bond acceptors (Lipinski definition) is 25. The molecule has 5 aromatic rings. The number of ketones is 1. The van der Waals surface area contributed by atoms with Gasteiger partial charge in [-0.15, -0.1) is 0 Å². The van der Waals surface area contributed by atoms with Gasteiger partial charge in [-0.05, 0) is 110 Å². The summed E-state index contributed by atoms with van der Waals surface area (Å²) in [5.41, 5.74) is 7.78. The van der Waals surface area contributed by atoms with Crippen LogP contribution >= 0.6 is 23.2 Å². The number of hydrogen-bond donors (Lipinski definition) is 18. The lowest BCUT2D eigenvalue weighted by Gasteiger charge is -2.40. The molecule has 17 atom stereocenters. The van der Waals surface area contributed by atoms with Gasteiger partial charge >= 0.3 is 5.97 Å². The molecule has 7 aliphatic rings. The van der Waals surface area contributed by atoms with Crippen LogP contribution < -0.4 is 62.9 Å². The lowest BCUT2D eigenvalue weighted by Crippen LogP contribution is -2.60. The van der Waals surface area contributed by atoms with Crippen molar-refractivity contribution in [3.63, 3.8) is 0 Å². The Morgan fingerprint density at radius 1 is 0.713 bits per heavy atom. The van der Waals surface area contributed by atoms with Gasteiger partial charge in [-0.2, -0.15) is 0 Å². The Labute approximate surface area is 583 Å². The van der Waals surface area contributed by atoms with E-state index in [2.05, 4.69) is 37.2 Å². The molecule has 11 bridgehead atoms. The summed E-state index contributed by atoms with van der Waals surface area (Å²) in [5, 5.41) is 118. The molecule has 0 spiro atoms. The Hall–Kier alpha value is -9.49. The summed E-state index contributed by atoms with van der Waals surface area (Å²) in [6.45, 7) is 5.40. The number of carbonyl (C=O) groups excluding carboxylic acids is 8. The van der Waals surface area contributed by atoms with Crippen molar-refractivity contribution >= 4 is 76.3 Å². The van der Waals surface area contributed by atoms with Crippen LogP contribution in [-0.2, 0) is 57.4 Å². The third-order valence-electron chi connectivity index (χ3n) is 17.5. The maximum absolute atomic E-state index is 16.1. The van der Waals surface area contributed by atoms with Gasteiger partial charge in [-0.1, -0.05) is 55.2 Å². The zero-order valence-electron chi connectivity index (χ0n) is 54.2. The molecule has 7 heterocycles. The van der Waals surface area contributed by atoms with E-state index in [0.29, 0.717) is 0 Å². The number of rotatable bonds is 13. The summed E-state index contributed by atoms with van der Waals surface area (Å²) < 4.78 is 37.8. The highest BCUT2D eigenvalue weighted by Gasteiger charge is 2.49. The number of carboxylic acids is 1. The number of aromatic hydroxyl groups is 3. The van der Waals surface area contributed by atoms with Crippen LogP contribution in [0.15, 0.2) is 78.9 Å². The van der Waals surface area contributed by atoms with Gasteiger partial charge in [0.05, 0.1) is 34.7 Å². The molecule has 0 saturated carbocycles. The number of ether oxygens (including phenoxy) is 6. The summed E-state index contributed by atoms with van der Waals surface area (Å²) in [6.07, 6.45) is -18.1. The summed E-state index contributed by atoms with van der Waals surface area (Å²) in [4.78, 5) is 132. The number of aliphatic hydroxyl groups excluding tert-OH is 5. The summed E-state index contributed by atoms with van der Waals surface area (Å²) >= 11 is 14.2. The highest BCUT2D eigenvalue weighted by atomic mass is 35.5. The number of fused-ring (bicyclic) bond motifs is 15. The predicted molar refractivity (Wildman–Crippen MR) is 348 cm³/mol. The van der Waals surface area contributed by atoms with Crippen LogP contribution in [0.5, 0.6) is 46.0 Å². The molecule has 0 radical (unpaired) electrons. The fourth-order valence-corrected chi connectivity index (χ4v) is 12.8. The topological polar surface area (TPSA) is 527 Å². The second-order valence-corrected chi connectivity index (χ2v) is 26.3. The number of primary amides is 1. The number of benzene rings is 5. The minimum Gasteiger partial charge on any atom is -0.508 e. The van der Waals surface area contributed by atoms with E-state index in [1.54, 1.807) is 0 Å². The van der Waals surface area contributed by atoms with Crippen LogP contribution in [0.1, 0.15) is 105 Å². The Morgan fingerprint density at radius 2 is 1.33 bits per heavy atom. The van der Waals surface area contributed by atoms with Crippen molar-refractivity contribution in [3.8, 4) is 57.1 Å². The van der Waals surface area contributed by atoms with Crippen molar-refractivity contribution < 1.29 is 118 Å². The van der Waals surface area contributed by atoms with Crippen molar-refractivity contribution in [2.45, 2.75) is 150 Å². The second kappa shape index (κ2) is 30.0. The fourth-order valence-electron chi connectivity index (χ4n) is 12.4. The lowest BCUT2D eigenvalue weighted by molar-refractivity contribution is -0.277. The summed E-state index contributed by atoms with van der Waals surface area (Å²) in [7, 11) is 1.47. The molecule has 5 aromatic carbocycles. The van der Waals surface area contributed by atoms with Crippen molar-refractivity contribution in [1.82, 2.24) is 37.2 Å². The molecule has 2 fully saturated rings. The van der Waals surface area contributed by atoms with Crippen LogP contribution in [0.25, 0.3) is 11.1 Å². The van der Waals surface area contributed by atoms with Gasteiger partial charge in [0.1, 0.15) is 102 Å². The van der Waals surface area contributed by atoms with Crippen molar-refractivity contribution in [2.75, 3.05) is 13.7 Å². The number of nitrogens with two attached hydrogens (primary N) is 2. The smallest absolute Gasteiger partial charge is 0.330 e. The third kappa shape index (κ3) is 15.7. The molecule has 12 rings (SSSR count). The van der Waals surface area contributed by atoms with Crippen LogP contribution in [0.3, 0.4) is 0 Å². The molecule has 0 unspecified atom stereocenters. The molecule has 0 aromatic heterocycles. The molecule has 101 heavy (non-hydrogen) atoms. The third-order valence-corrected chi connectivity index (χ3v) is 18.1. The molecule has 0 aliphatic carbocycles. The molecule has 20 N–H and O–H groups in total. The number of aliphatic carboxylic acids is 1. The zero-order chi connectivity index (χ0) is 73.5. The van der Waals surface area contributed by atoms with E-state index >= 15 is 19.2 Å². The Kier molecular flexibility index (Phi) is 22.0. The number of Topliss-reactive ketones (excluding diaryl/α,β-unsaturated/α-hetero) is 1. The average Bonchev–Trinajstić information content (AvgIpc) is 0.770. The minimum absolute atomic E-state index is 0.0975. The summed E-state index contributed by atoms with van der Waals surface area (Å²) in [5.74, 6) is -16.7. The van der Waals surface area contributed by atoms with Gasteiger partial charge in [0.25, 0.3) is 0 Å². The SMILES string of the molecule is CN[C@H](CC(C)C)C(=O)N[C@H]1C(=O)N[C@@H](CC(N)=O)C(=O)N[C@H]2C(=O)N[C@H]3C(=O)N[C@H](C(=O)N[C@H](C(=O)O)c4cc(O)cc(O)c4-c4cc3ccc4O)[C@H](O[C@@H]3C[C@](C)(N)C(=O)[C@H](C)O3)c3ccc(c(Cl)c3)Oc3cc2cc(c3O[C@@H]2O[C@H](CO)[C@@H](O)[C@H](O)[C@H]2O)Oc2ccc(cc2Cl)[C@H]1O. The van der Waals surface area contributed by atoms with Crippen molar-refractivity contribution in [2.24, 2.45) is 17.4 Å². The minimum atomic E-state index is -2.35. The zero-order valence-corrected chi connectivity index (χ0v) is 55.7. The lowest BCUT2D eigenvalue weighted by atomic mass is 9.88. The summed E-state index contributed by atoms with van der Waals surface area (Å²) in [6, 6.07) is -0.561. The Bertz CT molecular complexity index is 4130. The number of amides is 7. The van der Waals surface area contributed by atoms with Gasteiger partial charge in [-0.3, -0.25) is 38.4 Å². The van der Waals surface area contributed by atoms with E-state index in [1.165, 1.54) is 39.1 Å². The largest absolute Gasteiger partial charge is 0.508 e. The molecule has 7 amide bonds. The normalized spacial score (nSPS) is 28.7. The van der Waals surface area contributed by atoms with Crippen molar-refractivity contribution in [1.29, 1.82) is 0 Å². The molecular formula is C66H73Cl2N9O24. The van der Waals surface area contributed by atoms with E-state index in [1.807, 2.05) is 13.8 Å². The van der Waals surface area contributed by atoms with Gasteiger partial charge in [0, 0.05) is 29.2 Å². The van der Waals surface area contributed by atoms with E-state index in [9.17, 15) is 69.9 Å². The number of phenolic OH excluding ortho intramolecular Hbond substituents is 3.